The van der Waals surface area contributed by atoms with Crippen LogP contribution in [0.25, 0.3) is 22.6 Å². The lowest BCUT2D eigenvalue weighted by molar-refractivity contribution is -0.146. The van der Waals surface area contributed by atoms with E-state index in [0.29, 0.717) is 17.0 Å². The maximum absolute atomic E-state index is 12.7. The molecule has 0 fully saturated rings. The largest absolute Gasteiger partial charge is 0.468 e. The van der Waals surface area contributed by atoms with Crippen LogP contribution in [0.4, 0.5) is 0 Å². The Balaban J connectivity index is 1.86. The molecular weight excluding hydrogens is 378 g/mol. The Bertz CT molecular complexity index is 1150. The lowest BCUT2D eigenvalue weighted by Crippen LogP contribution is -2.37. The van der Waals surface area contributed by atoms with E-state index in [4.69, 9.17) is 11.1 Å². The number of rotatable bonds is 6. The van der Waals surface area contributed by atoms with Gasteiger partial charge in [-0.15, -0.1) is 0 Å². The number of imidazole rings is 1. The quantitative estimate of drug-likeness (QED) is 0.292. The maximum atomic E-state index is 12.7. The van der Waals surface area contributed by atoms with Gasteiger partial charge in [-0.05, 0) is 0 Å². The van der Waals surface area contributed by atoms with Crippen LogP contribution in [0.3, 0.4) is 0 Å². The van der Waals surface area contributed by atoms with E-state index in [1.807, 2.05) is 0 Å². The van der Waals surface area contributed by atoms with Gasteiger partial charge in [-0.3, -0.25) is 24.4 Å². The molecule has 0 atom stereocenters. The van der Waals surface area contributed by atoms with Crippen LogP contribution in [0.1, 0.15) is 5.56 Å². The number of hydrogen-bond donors (Lipinski definition) is 3. The summed E-state index contributed by atoms with van der Waals surface area (Å²) in [6.45, 7) is -0.499. The van der Waals surface area contributed by atoms with Crippen molar-refractivity contribution in [1.29, 1.82) is 5.41 Å². The standard InChI is InChI=1S/C18H19N7O4/c1-24(8-13(27)29-2)12(26)7-25-9-21-17-14(18(25)28)22-16(23-17)11-5-3-10(4-6-11)15(19)20/h3-6,9H,7-8H2,1-2H3,(H3,19,20)(H,22,23). The summed E-state index contributed by atoms with van der Waals surface area (Å²) >= 11 is 0. The van der Waals surface area contributed by atoms with E-state index in [1.165, 1.54) is 20.5 Å². The summed E-state index contributed by atoms with van der Waals surface area (Å²) in [6, 6.07) is 6.79. The first kappa shape index (κ1) is 19.7. The van der Waals surface area contributed by atoms with E-state index in [9.17, 15) is 14.4 Å². The van der Waals surface area contributed by atoms with Crippen molar-refractivity contribution in [2.45, 2.75) is 6.54 Å². The number of aromatic nitrogens is 4. The van der Waals surface area contributed by atoms with Crippen molar-refractivity contribution < 1.29 is 14.3 Å². The number of likely N-dealkylation sites (N-methyl/N-ethyl adjacent to an activating group) is 1. The van der Waals surface area contributed by atoms with E-state index in [2.05, 4.69) is 19.7 Å². The van der Waals surface area contributed by atoms with E-state index >= 15 is 0 Å². The second kappa shape index (κ2) is 7.92. The summed E-state index contributed by atoms with van der Waals surface area (Å²) in [6.07, 6.45) is 1.23. The van der Waals surface area contributed by atoms with Crippen LogP contribution in [-0.4, -0.2) is 62.8 Å². The maximum Gasteiger partial charge on any atom is 0.325 e. The van der Waals surface area contributed by atoms with Crippen molar-refractivity contribution in [3.05, 3.63) is 46.5 Å². The number of amides is 1. The van der Waals surface area contributed by atoms with Crippen molar-refractivity contribution in [2.75, 3.05) is 20.7 Å². The Kier molecular flexibility index (Phi) is 5.39. The van der Waals surface area contributed by atoms with Gasteiger partial charge in [0.05, 0.1) is 7.11 Å². The minimum atomic E-state index is -0.559. The third-order valence-electron chi connectivity index (χ3n) is 4.27. The molecule has 0 spiro atoms. The van der Waals surface area contributed by atoms with E-state index in [1.54, 1.807) is 24.3 Å². The highest BCUT2D eigenvalue weighted by Gasteiger charge is 2.17. The van der Waals surface area contributed by atoms with Crippen molar-refractivity contribution in [1.82, 2.24) is 24.4 Å². The summed E-state index contributed by atoms with van der Waals surface area (Å²) < 4.78 is 5.66. The molecular formula is C18H19N7O4. The predicted octanol–water partition coefficient (Wildman–Crippen LogP) is -0.298. The number of ether oxygens (including phenoxy) is 1. The summed E-state index contributed by atoms with van der Waals surface area (Å²) in [7, 11) is 2.67. The molecule has 11 heteroatoms. The lowest BCUT2D eigenvalue weighted by atomic mass is 10.1. The molecule has 0 aliphatic carbocycles. The Morgan fingerprint density at radius 1 is 1.31 bits per heavy atom. The van der Waals surface area contributed by atoms with Gasteiger partial charge in [0, 0.05) is 18.2 Å². The summed E-state index contributed by atoms with van der Waals surface area (Å²) in [5.74, 6) is -0.631. The first-order valence-corrected chi connectivity index (χ1v) is 8.51. The third kappa shape index (κ3) is 4.13. The highest BCUT2D eigenvalue weighted by Crippen LogP contribution is 2.18. The number of fused-ring (bicyclic) bond motifs is 1. The van der Waals surface area contributed by atoms with Gasteiger partial charge in [0.2, 0.25) is 5.91 Å². The molecule has 1 aromatic carbocycles. The number of carbonyl (C=O) groups excluding carboxylic acids is 2. The zero-order chi connectivity index (χ0) is 21.1. The number of nitrogens with zero attached hydrogens (tertiary/aromatic N) is 4. The highest BCUT2D eigenvalue weighted by molar-refractivity contribution is 5.95. The number of nitrogens with two attached hydrogens (primary N) is 1. The zero-order valence-corrected chi connectivity index (χ0v) is 15.8. The number of nitrogen functional groups attached to an aromatic ring is 1. The molecule has 0 aliphatic heterocycles. The predicted molar refractivity (Wildman–Crippen MR) is 104 cm³/mol. The molecule has 2 heterocycles. The van der Waals surface area contributed by atoms with Crippen LogP contribution >= 0.6 is 0 Å². The molecule has 0 saturated carbocycles. The van der Waals surface area contributed by atoms with Crippen LogP contribution < -0.4 is 11.3 Å². The fourth-order valence-electron chi connectivity index (χ4n) is 2.60. The van der Waals surface area contributed by atoms with Gasteiger partial charge < -0.3 is 20.4 Å². The number of H-pyrrole nitrogens is 1. The van der Waals surface area contributed by atoms with Gasteiger partial charge >= 0.3 is 5.97 Å². The zero-order valence-electron chi connectivity index (χ0n) is 15.8. The topological polar surface area (TPSA) is 160 Å². The lowest BCUT2D eigenvalue weighted by Gasteiger charge is -2.15. The monoisotopic (exact) mass is 397 g/mol. The first-order chi connectivity index (χ1) is 13.8. The number of aromatic amines is 1. The summed E-state index contributed by atoms with van der Waals surface area (Å²) in [4.78, 5) is 48.7. The number of nitrogens with one attached hydrogen (secondary N) is 2. The second-order valence-corrected chi connectivity index (χ2v) is 6.28. The Morgan fingerprint density at radius 3 is 2.62 bits per heavy atom. The van der Waals surface area contributed by atoms with Gasteiger partial charge in [0.1, 0.15) is 31.1 Å². The average Bonchev–Trinajstić information content (AvgIpc) is 3.15. The molecule has 3 rings (SSSR count). The first-order valence-electron chi connectivity index (χ1n) is 8.51. The van der Waals surface area contributed by atoms with E-state index in [0.717, 1.165) is 9.47 Å². The van der Waals surface area contributed by atoms with Crippen molar-refractivity contribution in [2.24, 2.45) is 5.73 Å². The van der Waals surface area contributed by atoms with Crippen molar-refractivity contribution in [3.8, 4) is 11.4 Å². The highest BCUT2D eigenvalue weighted by atomic mass is 16.5. The van der Waals surface area contributed by atoms with Gasteiger partial charge in [0.25, 0.3) is 5.56 Å². The third-order valence-corrected chi connectivity index (χ3v) is 4.27. The van der Waals surface area contributed by atoms with Gasteiger partial charge in [-0.25, -0.2) is 9.97 Å². The van der Waals surface area contributed by atoms with E-state index < -0.39 is 17.4 Å². The normalized spacial score (nSPS) is 10.7. The molecule has 29 heavy (non-hydrogen) atoms. The minimum absolute atomic E-state index is 0.0486. The number of carbonyl (C=O) groups is 2. The van der Waals surface area contributed by atoms with Crippen LogP contribution in [0.5, 0.6) is 0 Å². The summed E-state index contributed by atoms with van der Waals surface area (Å²) in [5, 5.41) is 7.43. The number of amidine groups is 1. The molecule has 0 aliphatic rings. The fourth-order valence-corrected chi connectivity index (χ4v) is 2.60. The molecule has 150 valence electrons. The second-order valence-electron chi connectivity index (χ2n) is 6.28. The Labute approximate surface area is 164 Å². The molecule has 0 unspecified atom stereocenters. The molecule has 2 aromatic heterocycles. The smallest absolute Gasteiger partial charge is 0.325 e. The Hall–Kier alpha value is -4.02. The average molecular weight is 397 g/mol. The van der Waals surface area contributed by atoms with Gasteiger partial charge in [-0.2, -0.15) is 0 Å². The van der Waals surface area contributed by atoms with Crippen molar-refractivity contribution >= 4 is 28.9 Å². The van der Waals surface area contributed by atoms with Crippen molar-refractivity contribution in [3.63, 3.8) is 0 Å². The van der Waals surface area contributed by atoms with Crippen LogP contribution in [0.15, 0.2) is 35.4 Å². The SMILES string of the molecule is COC(=O)CN(C)C(=O)Cn1cnc2nc(-c3ccc(C(=N)N)cc3)[nH]c2c1=O. The molecule has 1 amide bonds. The molecule has 4 N–H and O–H groups in total. The van der Waals surface area contributed by atoms with E-state index in [-0.39, 0.29) is 30.1 Å². The van der Waals surface area contributed by atoms with Gasteiger partial charge in [0.15, 0.2) is 11.2 Å². The summed E-state index contributed by atoms with van der Waals surface area (Å²) in [5.41, 5.74) is 6.61. The molecule has 11 nitrogen and oxygen atoms in total. The van der Waals surface area contributed by atoms with Crippen LogP contribution in [0, 0.1) is 5.41 Å². The number of hydrogen-bond acceptors (Lipinski definition) is 7. The number of esters is 1. The number of methoxy groups -OCH3 is 1. The van der Waals surface area contributed by atoms with Crippen LogP contribution in [0.2, 0.25) is 0 Å². The molecule has 0 saturated heterocycles. The Morgan fingerprint density at radius 2 is 2.00 bits per heavy atom. The molecule has 0 bridgehead atoms. The van der Waals surface area contributed by atoms with Gasteiger partial charge in [-0.1, -0.05) is 24.3 Å². The fraction of sp³-hybridized carbons (Fsp3) is 0.222. The van der Waals surface area contributed by atoms with Crippen LogP contribution in [-0.2, 0) is 20.9 Å². The number of benzene rings is 1. The molecule has 3 aromatic rings. The minimum Gasteiger partial charge on any atom is -0.468 e. The molecule has 0 radical (unpaired) electrons.